The van der Waals surface area contributed by atoms with Crippen LogP contribution in [0, 0.1) is 22.7 Å². The standard InChI is InChI=1S/C40H22N6/c41-23-27-19-25(15-17-43-27)37-11-5-13-39(45-37)35-22-34-30-8-2-4-10-32(30)36(21-33(34)29-7-1-3-9-31(29)35)40-14-6-12-38(46-40)26-16-18-44-28(20-26)24-42/h1-22H. The number of hydrogen-bond donors (Lipinski definition) is 0. The van der Waals surface area contributed by atoms with E-state index in [2.05, 4.69) is 82.8 Å². The third kappa shape index (κ3) is 4.59. The fraction of sp³-hybridized carbons (Fsp3) is 0. The van der Waals surface area contributed by atoms with Crippen molar-refractivity contribution in [3.05, 3.63) is 145 Å². The number of pyridine rings is 4. The lowest BCUT2D eigenvalue weighted by Crippen LogP contribution is -1.93. The highest BCUT2D eigenvalue weighted by atomic mass is 14.7. The molecule has 8 aromatic rings. The van der Waals surface area contributed by atoms with Crippen LogP contribution < -0.4 is 0 Å². The Morgan fingerprint density at radius 3 is 1.24 bits per heavy atom. The zero-order valence-electron chi connectivity index (χ0n) is 24.4. The summed E-state index contributed by atoms with van der Waals surface area (Å²) < 4.78 is 0. The van der Waals surface area contributed by atoms with Crippen molar-refractivity contribution in [3.63, 3.8) is 0 Å². The van der Waals surface area contributed by atoms with Crippen LogP contribution in [0.15, 0.2) is 134 Å². The zero-order valence-corrected chi connectivity index (χ0v) is 24.4. The molecule has 6 heteroatoms. The van der Waals surface area contributed by atoms with Gasteiger partial charge in [0.15, 0.2) is 0 Å². The first-order valence-corrected chi connectivity index (χ1v) is 14.8. The van der Waals surface area contributed by atoms with E-state index >= 15 is 0 Å². The van der Waals surface area contributed by atoms with Crippen molar-refractivity contribution in [2.45, 2.75) is 0 Å². The summed E-state index contributed by atoms with van der Waals surface area (Å²) in [5, 5.41) is 25.4. The van der Waals surface area contributed by atoms with E-state index in [1.807, 2.05) is 48.5 Å². The minimum atomic E-state index is 0.357. The van der Waals surface area contributed by atoms with Crippen molar-refractivity contribution in [2.75, 3.05) is 0 Å². The van der Waals surface area contributed by atoms with Gasteiger partial charge in [0.05, 0.1) is 22.8 Å². The van der Waals surface area contributed by atoms with Crippen LogP contribution in [-0.2, 0) is 0 Å². The number of benzene rings is 4. The van der Waals surface area contributed by atoms with E-state index in [9.17, 15) is 10.5 Å². The van der Waals surface area contributed by atoms with Crippen molar-refractivity contribution < 1.29 is 0 Å². The van der Waals surface area contributed by atoms with Gasteiger partial charge in [-0.05, 0) is 93.0 Å². The van der Waals surface area contributed by atoms with Crippen molar-refractivity contribution in [2.24, 2.45) is 0 Å². The van der Waals surface area contributed by atoms with Gasteiger partial charge in [0.25, 0.3) is 0 Å². The number of nitrogens with zero attached hydrogens (tertiary/aromatic N) is 6. The lowest BCUT2D eigenvalue weighted by Gasteiger charge is -2.16. The molecule has 0 bridgehead atoms. The molecule has 0 N–H and O–H groups in total. The van der Waals surface area contributed by atoms with Gasteiger partial charge in [0.2, 0.25) is 0 Å². The average molecular weight is 587 g/mol. The molecule has 0 fully saturated rings. The molecule has 0 radical (unpaired) electrons. The lowest BCUT2D eigenvalue weighted by atomic mass is 9.89. The van der Waals surface area contributed by atoms with Crippen LogP contribution >= 0.6 is 0 Å². The lowest BCUT2D eigenvalue weighted by molar-refractivity contribution is 1.25. The second-order valence-corrected chi connectivity index (χ2v) is 10.9. The monoisotopic (exact) mass is 586 g/mol. The largest absolute Gasteiger partial charge is 0.248 e. The molecule has 0 saturated heterocycles. The molecule has 0 aliphatic rings. The van der Waals surface area contributed by atoms with Gasteiger partial charge < -0.3 is 0 Å². The number of fused-ring (bicyclic) bond motifs is 5. The molecule has 0 aliphatic carbocycles. The molecule has 212 valence electrons. The van der Waals surface area contributed by atoms with Gasteiger partial charge in [0, 0.05) is 34.6 Å². The highest BCUT2D eigenvalue weighted by Crippen LogP contribution is 2.41. The molecule has 4 heterocycles. The van der Waals surface area contributed by atoms with E-state index in [-0.39, 0.29) is 0 Å². The highest BCUT2D eigenvalue weighted by molar-refractivity contribution is 6.23. The van der Waals surface area contributed by atoms with Crippen molar-refractivity contribution in [1.29, 1.82) is 10.5 Å². The molecule has 0 aliphatic heterocycles. The normalized spacial score (nSPS) is 11.0. The summed E-state index contributed by atoms with van der Waals surface area (Å²) in [7, 11) is 0. The second-order valence-electron chi connectivity index (χ2n) is 10.9. The highest BCUT2D eigenvalue weighted by Gasteiger charge is 2.16. The maximum atomic E-state index is 9.37. The van der Waals surface area contributed by atoms with Gasteiger partial charge in [-0.3, -0.25) is 0 Å². The van der Waals surface area contributed by atoms with Crippen LogP contribution in [0.4, 0.5) is 0 Å². The summed E-state index contributed by atoms with van der Waals surface area (Å²) in [6.07, 6.45) is 3.28. The molecule has 0 saturated carbocycles. The molecular formula is C40H22N6. The Labute approximate surface area is 264 Å². The van der Waals surface area contributed by atoms with Crippen LogP contribution in [0.1, 0.15) is 11.4 Å². The fourth-order valence-corrected chi connectivity index (χ4v) is 6.17. The van der Waals surface area contributed by atoms with E-state index in [0.29, 0.717) is 11.4 Å². The molecular weight excluding hydrogens is 564 g/mol. The number of rotatable bonds is 4. The smallest absolute Gasteiger partial charge is 0.141 e. The van der Waals surface area contributed by atoms with E-state index in [1.54, 1.807) is 24.5 Å². The Morgan fingerprint density at radius 1 is 0.391 bits per heavy atom. The molecule has 0 atom stereocenters. The van der Waals surface area contributed by atoms with Crippen molar-refractivity contribution >= 4 is 32.3 Å². The molecule has 0 spiro atoms. The van der Waals surface area contributed by atoms with E-state index in [4.69, 9.17) is 9.97 Å². The molecule has 0 unspecified atom stereocenters. The van der Waals surface area contributed by atoms with E-state index in [1.165, 1.54) is 0 Å². The summed E-state index contributed by atoms with van der Waals surface area (Å²) in [5.74, 6) is 0. The zero-order chi connectivity index (χ0) is 31.0. The summed E-state index contributed by atoms with van der Waals surface area (Å²) in [6.45, 7) is 0. The molecule has 0 amide bonds. The Balaban J connectivity index is 1.36. The molecule has 6 nitrogen and oxygen atoms in total. The third-order valence-electron chi connectivity index (χ3n) is 8.27. The summed E-state index contributed by atoms with van der Waals surface area (Å²) in [4.78, 5) is 18.4. The van der Waals surface area contributed by atoms with E-state index in [0.717, 1.165) is 77.3 Å². The predicted octanol–water partition coefficient (Wildman–Crippen LogP) is 9.14. The van der Waals surface area contributed by atoms with Crippen LogP contribution in [0.3, 0.4) is 0 Å². The Morgan fingerprint density at radius 2 is 0.804 bits per heavy atom. The quantitative estimate of drug-likeness (QED) is 0.191. The first kappa shape index (κ1) is 26.8. The SMILES string of the molecule is N#Cc1cc(-c2cccc(-c3cc4c5ccccc5c(-c5cccc(-c6ccnc(C#N)c6)n5)cc4c4ccccc34)n2)ccn1. The first-order valence-electron chi connectivity index (χ1n) is 14.8. The van der Waals surface area contributed by atoms with Crippen molar-refractivity contribution in [3.8, 4) is 57.2 Å². The number of hydrogen-bond acceptors (Lipinski definition) is 6. The van der Waals surface area contributed by atoms with Gasteiger partial charge in [0.1, 0.15) is 23.5 Å². The Kier molecular flexibility index (Phi) is 6.45. The number of nitriles is 2. The Hall–Kier alpha value is -6.76. The van der Waals surface area contributed by atoms with Crippen LogP contribution in [0.25, 0.3) is 77.3 Å². The van der Waals surface area contributed by atoms with E-state index < -0.39 is 0 Å². The van der Waals surface area contributed by atoms with Gasteiger partial charge in [-0.25, -0.2) is 19.9 Å². The van der Waals surface area contributed by atoms with Gasteiger partial charge in [-0.2, -0.15) is 10.5 Å². The molecule has 4 aromatic heterocycles. The maximum Gasteiger partial charge on any atom is 0.141 e. The minimum Gasteiger partial charge on any atom is -0.248 e. The molecule has 4 aromatic carbocycles. The summed E-state index contributed by atoms with van der Waals surface area (Å²) in [5.41, 5.74) is 7.73. The average Bonchev–Trinajstić information content (AvgIpc) is 3.14. The fourth-order valence-electron chi connectivity index (χ4n) is 6.17. The van der Waals surface area contributed by atoms with Crippen LogP contribution in [-0.4, -0.2) is 19.9 Å². The number of aromatic nitrogens is 4. The summed E-state index contributed by atoms with van der Waals surface area (Å²) in [6, 6.07) is 44.9. The Bertz CT molecular complexity index is 2390. The predicted molar refractivity (Wildman–Crippen MR) is 181 cm³/mol. The first-order chi connectivity index (χ1) is 22.7. The van der Waals surface area contributed by atoms with Crippen LogP contribution in [0.5, 0.6) is 0 Å². The van der Waals surface area contributed by atoms with Gasteiger partial charge >= 0.3 is 0 Å². The molecule has 46 heavy (non-hydrogen) atoms. The van der Waals surface area contributed by atoms with Gasteiger partial charge in [-0.15, -0.1) is 0 Å². The second kappa shape index (κ2) is 11.1. The minimum absolute atomic E-state index is 0.357. The maximum absolute atomic E-state index is 9.37. The van der Waals surface area contributed by atoms with Gasteiger partial charge in [-0.1, -0.05) is 60.7 Å². The van der Waals surface area contributed by atoms with Crippen LogP contribution in [0.2, 0.25) is 0 Å². The topological polar surface area (TPSA) is 99.1 Å². The van der Waals surface area contributed by atoms with Crippen molar-refractivity contribution in [1.82, 2.24) is 19.9 Å². The third-order valence-corrected chi connectivity index (χ3v) is 8.27. The molecule has 8 rings (SSSR count). The summed E-state index contributed by atoms with van der Waals surface area (Å²) >= 11 is 0.